The molecule has 0 heterocycles. The molecule has 0 fully saturated rings. The van der Waals surface area contributed by atoms with Crippen molar-refractivity contribution >= 4 is 28.0 Å². The molecule has 0 radical (unpaired) electrons. The molecule has 0 spiro atoms. The Hall–Kier alpha value is -3.07. The van der Waals surface area contributed by atoms with Crippen molar-refractivity contribution in [1.82, 2.24) is 4.90 Å². The van der Waals surface area contributed by atoms with Crippen LogP contribution in [0.15, 0.2) is 51.8 Å². The second-order valence-corrected chi connectivity index (χ2v) is 10.4. The first-order valence-electron chi connectivity index (χ1n) is 12.4. The number of carbonyl (C=O) groups excluding carboxylic acids is 1. The second-order valence-electron chi connectivity index (χ2n) is 8.79. The number of rotatable bonds is 15. The predicted octanol–water partition coefficient (Wildman–Crippen LogP) is 5.73. The van der Waals surface area contributed by atoms with E-state index in [1.54, 1.807) is 32.3 Å². The van der Waals surface area contributed by atoms with Crippen LogP contribution in [0.25, 0.3) is 0 Å². The summed E-state index contributed by atoms with van der Waals surface area (Å²) in [6.07, 6.45) is 7.25. The summed E-state index contributed by atoms with van der Waals surface area (Å²) < 4.78 is 41.9. The molecule has 0 saturated heterocycles. The molecule has 2 aromatic carbocycles. The van der Waals surface area contributed by atoms with Crippen molar-refractivity contribution in [3.8, 4) is 11.5 Å². The minimum Gasteiger partial charge on any atom is -0.465 e. The summed E-state index contributed by atoms with van der Waals surface area (Å²) >= 11 is 0. The molecule has 0 aliphatic heterocycles. The summed E-state index contributed by atoms with van der Waals surface area (Å²) in [6.45, 7) is 5.68. The Morgan fingerprint density at radius 2 is 1.58 bits per heavy atom. The average Bonchev–Trinajstić information content (AvgIpc) is 2.87. The van der Waals surface area contributed by atoms with Gasteiger partial charge in [0, 0.05) is 27.2 Å². The zero-order chi connectivity index (χ0) is 26.6. The first-order chi connectivity index (χ1) is 17.2. The van der Waals surface area contributed by atoms with E-state index in [4.69, 9.17) is 9.47 Å². The van der Waals surface area contributed by atoms with Gasteiger partial charge in [-0.25, -0.2) is 4.79 Å². The van der Waals surface area contributed by atoms with Crippen molar-refractivity contribution in [2.24, 2.45) is 4.40 Å². The van der Waals surface area contributed by atoms with Gasteiger partial charge in [0.25, 0.3) is 10.0 Å². The fourth-order valence-electron chi connectivity index (χ4n) is 3.63. The minimum absolute atomic E-state index is 0.127. The third kappa shape index (κ3) is 8.55. The standard InChI is InChI=1S/C27H39N3O5S/c1-6-8-13-17-30(18-14-9-7-2)24-19-22(27(31)34-5)20-25(36(32,33)28-21-29(3)4)26(24)35-23-15-11-10-12-16-23/h10-12,15-16,19-21H,6-9,13-14,17-18H2,1-5H3/b28-21+. The van der Waals surface area contributed by atoms with Crippen molar-refractivity contribution in [1.29, 1.82) is 0 Å². The maximum absolute atomic E-state index is 13.4. The van der Waals surface area contributed by atoms with E-state index in [-0.39, 0.29) is 16.2 Å². The number of methoxy groups -OCH3 is 1. The van der Waals surface area contributed by atoms with E-state index in [1.807, 2.05) is 18.2 Å². The van der Waals surface area contributed by atoms with Crippen LogP contribution in [0, 0.1) is 0 Å². The molecule has 0 aliphatic rings. The summed E-state index contributed by atoms with van der Waals surface area (Å²) in [5, 5.41) is 0. The molecular formula is C27H39N3O5S. The summed E-state index contributed by atoms with van der Waals surface area (Å²) in [5.74, 6) is 0.00930. The van der Waals surface area contributed by atoms with E-state index < -0.39 is 16.0 Å². The second kappa shape index (κ2) is 14.5. The third-order valence-electron chi connectivity index (χ3n) is 5.52. The highest BCUT2D eigenvalue weighted by Crippen LogP contribution is 2.41. The number of para-hydroxylation sites is 1. The smallest absolute Gasteiger partial charge is 0.337 e. The number of nitrogens with zero attached hydrogens (tertiary/aromatic N) is 3. The molecule has 0 aromatic heterocycles. The molecule has 0 saturated carbocycles. The number of esters is 1. The van der Waals surface area contributed by atoms with Gasteiger partial charge in [0.15, 0.2) is 5.75 Å². The van der Waals surface area contributed by atoms with Crippen molar-refractivity contribution in [2.75, 3.05) is 39.2 Å². The molecular weight excluding hydrogens is 478 g/mol. The van der Waals surface area contributed by atoms with E-state index in [9.17, 15) is 13.2 Å². The van der Waals surface area contributed by atoms with Crippen LogP contribution in [0.1, 0.15) is 62.7 Å². The van der Waals surface area contributed by atoms with Crippen LogP contribution in [0.2, 0.25) is 0 Å². The molecule has 2 rings (SSSR count). The molecule has 0 amide bonds. The van der Waals surface area contributed by atoms with Gasteiger partial charge in [-0.2, -0.15) is 8.42 Å². The number of ether oxygens (including phenoxy) is 2. The molecule has 36 heavy (non-hydrogen) atoms. The maximum Gasteiger partial charge on any atom is 0.337 e. The van der Waals surface area contributed by atoms with E-state index in [0.29, 0.717) is 24.5 Å². The zero-order valence-corrected chi connectivity index (χ0v) is 22.9. The summed E-state index contributed by atoms with van der Waals surface area (Å²) in [5.41, 5.74) is 0.662. The van der Waals surface area contributed by atoms with Gasteiger partial charge in [-0.3, -0.25) is 0 Å². The van der Waals surface area contributed by atoms with Crippen LogP contribution in [0.5, 0.6) is 11.5 Å². The minimum atomic E-state index is -4.21. The van der Waals surface area contributed by atoms with E-state index in [1.165, 1.54) is 24.4 Å². The average molecular weight is 518 g/mol. The van der Waals surface area contributed by atoms with Gasteiger partial charge in [0.1, 0.15) is 17.0 Å². The van der Waals surface area contributed by atoms with Crippen LogP contribution >= 0.6 is 0 Å². The Kier molecular flexibility index (Phi) is 11.7. The van der Waals surface area contributed by atoms with Gasteiger partial charge in [0.2, 0.25) is 0 Å². The van der Waals surface area contributed by atoms with Gasteiger partial charge >= 0.3 is 5.97 Å². The Labute approximate surface area is 216 Å². The van der Waals surface area contributed by atoms with Crippen molar-refractivity contribution in [3.63, 3.8) is 0 Å². The fraction of sp³-hybridized carbons (Fsp3) is 0.481. The number of carbonyl (C=O) groups is 1. The number of sulfonamides is 1. The topological polar surface area (TPSA) is 88.5 Å². The van der Waals surface area contributed by atoms with E-state index in [2.05, 4.69) is 23.1 Å². The zero-order valence-electron chi connectivity index (χ0n) is 22.1. The molecule has 0 bridgehead atoms. The highest BCUT2D eigenvalue weighted by Gasteiger charge is 2.28. The number of benzene rings is 2. The largest absolute Gasteiger partial charge is 0.465 e. The summed E-state index contributed by atoms with van der Waals surface area (Å²) in [6, 6.07) is 12.0. The molecule has 0 unspecified atom stereocenters. The van der Waals surface area contributed by atoms with E-state index in [0.717, 1.165) is 38.5 Å². The third-order valence-corrected chi connectivity index (χ3v) is 6.75. The van der Waals surface area contributed by atoms with Gasteiger partial charge in [-0.1, -0.05) is 57.7 Å². The van der Waals surface area contributed by atoms with Crippen molar-refractivity contribution < 1.29 is 22.7 Å². The summed E-state index contributed by atoms with van der Waals surface area (Å²) in [4.78, 5) is 16.1. The molecule has 8 nitrogen and oxygen atoms in total. The number of hydrogen-bond donors (Lipinski definition) is 0. The maximum atomic E-state index is 13.4. The van der Waals surface area contributed by atoms with Gasteiger partial charge in [-0.05, 0) is 37.1 Å². The number of anilines is 1. The molecule has 2 aromatic rings. The predicted molar refractivity (Wildman–Crippen MR) is 145 cm³/mol. The molecule has 9 heteroatoms. The lowest BCUT2D eigenvalue weighted by molar-refractivity contribution is 0.0600. The normalized spacial score (nSPS) is 11.5. The monoisotopic (exact) mass is 517 g/mol. The van der Waals surface area contributed by atoms with Gasteiger partial charge in [0.05, 0.1) is 18.4 Å². The lowest BCUT2D eigenvalue weighted by atomic mass is 10.1. The lowest BCUT2D eigenvalue weighted by Gasteiger charge is -2.28. The Balaban J connectivity index is 2.79. The molecule has 0 N–H and O–H groups in total. The van der Waals surface area contributed by atoms with Crippen LogP contribution in [-0.2, 0) is 14.8 Å². The first-order valence-corrected chi connectivity index (χ1v) is 13.9. The highest BCUT2D eigenvalue weighted by atomic mass is 32.2. The lowest BCUT2D eigenvalue weighted by Crippen LogP contribution is -2.27. The van der Waals surface area contributed by atoms with Crippen LogP contribution in [0.4, 0.5) is 5.69 Å². The Morgan fingerprint density at radius 1 is 0.972 bits per heavy atom. The number of hydrogen-bond acceptors (Lipinski definition) is 6. The van der Waals surface area contributed by atoms with E-state index >= 15 is 0 Å². The SMILES string of the molecule is CCCCCN(CCCCC)c1cc(C(=O)OC)cc(S(=O)(=O)/N=C/N(C)C)c1Oc1ccccc1. The molecule has 0 atom stereocenters. The van der Waals surface area contributed by atoms with Crippen LogP contribution in [0.3, 0.4) is 0 Å². The Morgan fingerprint density at radius 3 is 2.11 bits per heavy atom. The molecule has 198 valence electrons. The fourth-order valence-corrected chi connectivity index (χ4v) is 4.71. The van der Waals surface area contributed by atoms with Crippen LogP contribution in [-0.4, -0.2) is 59.9 Å². The van der Waals surface area contributed by atoms with Crippen LogP contribution < -0.4 is 9.64 Å². The first kappa shape index (κ1) is 29.2. The van der Waals surface area contributed by atoms with Gasteiger partial charge < -0.3 is 19.3 Å². The van der Waals surface area contributed by atoms with Crippen molar-refractivity contribution in [3.05, 3.63) is 48.0 Å². The van der Waals surface area contributed by atoms with Gasteiger partial charge in [-0.15, -0.1) is 4.40 Å². The Bertz CT molecular complexity index is 1090. The van der Waals surface area contributed by atoms with Crippen molar-refractivity contribution in [2.45, 2.75) is 57.3 Å². The summed E-state index contributed by atoms with van der Waals surface area (Å²) in [7, 11) is 0.425. The number of unbranched alkanes of at least 4 members (excludes halogenated alkanes) is 4. The highest BCUT2D eigenvalue weighted by molar-refractivity contribution is 7.90. The quantitative estimate of drug-likeness (QED) is 0.129. The molecule has 0 aliphatic carbocycles.